The highest BCUT2D eigenvalue weighted by molar-refractivity contribution is 6.05. The predicted octanol–water partition coefficient (Wildman–Crippen LogP) is 5.95. The van der Waals surface area contributed by atoms with Crippen LogP contribution >= 0.6 is 0 Å². The van der Waals surface area contributed by atoms with Crippen LogP contribution in [0, 0.1) is 18.2 Å². The molecule has 1 aliphatic heterocycles. The van der Waals surface area contributed by atoms with E-state index in [9.17, 15) is 14.4 Å². The molecule has 13 nitrogen and oxygen atoms in total. The fraction of sp³-hybridized carbons (Fsp3) is 0.381. The second-order valence-corrected chi connectivity index (χ2v) is 14.8. The standard InChI is InChI=1S/C42H47FN6O7/c1-26-38(40(51)49(47(26)5)29-11-8-7-9-12-29)39(50)45-28-13-14-34(31(43)21-28)55-33-15-18-44-32-23-36(35(53-6)22-30(32)33)54-20-10-19-48-24-37(42(25-48)16-17-42)56-41(52)27(2)46(3)4/h7-9,11-15,18,21-23,27,37H,10,16-17,19-20,24-25H2,1-6H3,(H,45,50). The van der Waals surface area contributed by atoms with E-state index in [1.807, 2.05) is 32.0 Å². The van der Waals surface area contributed by atoms with Crippen LogP contribution < -0.4 is 25.1 Å². The number of fused-ring (bicyclic) bond motifs is 1. The molecule has 2 atom stereocenters. The van der Waals surface area contributed by atoms with Gasteiger partial charge in [-0.25, -0.2) is 9.07 Å². The number of hydrogen-bond donors (Lipinski definition) is 1. The number of likely N-dealkylation sites (tertiary alicyclic amines) is 1. The minimum atomic E-state index is -0.718. The Kier molecular flexibility index (Phi) is 10.9. The molecule has 14 heteroatoms. The molecule has 1 N–H and O–H groups in total. The molecule has 7 rings (SSSR count). The Labute approximate surface area is 324 Å². The topological polar surface area (TPSA) is 129 Å². The highest BCUT2D eigenvalue weighted by atomic mass is 19.1. The van der Waals surface area contributed by atoms with Crippen molar-refractivity contribution < 1.29 is 32.9 Å². The molecule has 1 aliphatic carbocycles. The number of carbonyl (C=O) groups is 2. The Morgan fingerprint density at radius 2 is 1.80 bits per heavy atom. The van der Waals surface area contributed by atoms with Gasteiger partial charge in [-0.2, -0.15) is 0 Å². The summed E-state index contributed by atoms with van der Waals surface area (Å²) >= 11 is 0. The van der Waals surface area contributed by atoms with Crippen LogP contribution in [0.5, 0.6) is 23.0 Å². The number of esters is 1. The maximum atomic E-state index is 15.5. The Balaban J connectivity index is 0.981. The van der Waals surface area contributed by atoms with Crippen molar-refractivity contribution in [2.24, 2.45) is 12.5 Å². The molecule has 1 saturated carbocycles. The van der Waals surface area contributed by atoms with E-state index < -0.39 is 17.3 Å². The first-order valence-electron chi connectivity index (χ1n) is 18.7. The SMILES string of the molecule is COc1cc2c(Oc3ccc(NC(=O)c4c(C)n(C)n(-c5ccccc5)c4=O)cc3F)ccnc2cc1OCCCN1CC(OC(=O)C(C)N(C)C)C2(CC2)C1. The number of ether oxygens (including phenoxy) is 4. The summed E-state index contributed by atoms with van der Waals surface area (Å²) in [6.45, 7) is 6.42. The normalized spacial score (nSPS) is 16.6. The number of likely N-dealkylation sites (N-methyl/N-ethyl adjacent to an activating group) is 1. The minimum Gasteiger partial charge on any atom is -0.493 e. The van der Waals surface area contributed by atoms with Crippen molar-refractivity contribution in [2.75, 3.05) is 52.8 Å². The number of amides is 1. The molecule has 56 heavy (non-hydrogen) atoms. The largest absolute Gasteiger partial charge is 0.493 e. The van der Waals surface area contributed by atoms with Crippen molar-refractivity contribution in [3.8, 4) is 28.7 Å². The van der Waals surface area contributed by atoms with Crippen LogP contribution in [0.2, 0.25) is 0 Å². The van der Waals surface area contributed by atoms with Gasteiger partial charge < -0.3 is 24.3 Å². The van der Waals surface area contributed by atoms with Gasteiger partial charge in [-0.15, -0.1) is 0 Å². The Morgan fingerprint density at radius 1 is 1.04 bits per heavy atom. The molecule has 2 unspecified atom stereocenters. The maximum absolute atomic E-state index is 15.5. The first-order valence-corrected chi connectivity index (χ1v) is 18.7. The molecule has 294 valence electrons. The monoisotopic (exact) mass is 766 g/mol. The second kappa shape index (κ2) is 15.8. The van der Waals surface area contributed by atoms with Crippen LogP contribution in [0.1, 0.15) is 42.2 Å². The highest BCUT2D eigenvalue weighted by Gasteiger charge is 2.57. The second-order valence-electron chi connectivity index (χ2n) is 14.8. The third-order valence-corrected chi connectivity index (χ3v) is 11.0. The van der Waals surface area contributed by atoms with E-state index in [1.165, 1.54) is 16.8 Å². The van der Waals surface area contributed by atoms with Gasteiger partial charge in [0.2, 0.25) is 0 Å². The van der Waals surface area contributed by atoms with E-state index in [0.717, 1.165) is 45.0 Å². The molecule has 5 aromatic rings. The molecule has 2 fully saturated rings. The molecule has 3 aromatic carbocycles. The zero-order valence-electron chi connectivity index (χ0n) is 32.5. The fourth-order valence-electron chi connectivity index (χ4n) is 7.23. The molecule has 0 radical (unpaired) electrons. The third kappa shape index (κ3) is 7.71. The Morgan fingerprint density at radius 3 is 2.50 bits per heavy atom. The van der Waals surface area contributed by atoms with E-state index in [1.54, 1.807) is 74.4 Å². The van der Waals surface area contributed by atoms with E-state index in [-0.39, 0.29) is 40.5 Å². The number of nitrogens with zero attached hydrogens (tertiary/aromatic N) is 5. The summed E-state index contributed by atoms with van der Waals surface area (Å²) in [5.41, 5.74) is 1.35. The lowest BCUT2D eigenvalue weighted by atomic mass is 10.0. The number of carbonyl (C=O) groups excluding carboxylic acids is 2. The van der Waals surface area contributed by atoms with Gasteiger partial charge in [0.15, 0.2) is 23.1 Å². The van der Waals surface area contributed by atoms with Crippen LogP contribution in [0.4, 0.5) is 10.1 Å². The number of methoxy groups -OCH3 is 1. The molecule has 1 amide bonds. The van der Waals surface area contributed by atoms with Crippen molar-refractivity contribution in [1.82, 2.24) is 24.1 Å². The first-order chi connectivity index (χ1) is 26.9. The van der Waals surface area contributed by atoms with Crippen molar-refractivity contribution >= 4 is 28.5 Å². The molecule has 1 spiro atoms. The van der Waals surface area contributed by atoms with Gasteiger partial charge >= 0.3 is 5.97 Å². The van der Waals surface area contributed by atoms with E-state index in [2.05, 4.69) is 15.2 Å². The fourth-order valence-corrected chi connectivity index (χ4v) is 7.23. The molecule has 1 saturated heterocycles. The van der Waals surface area contributed by atoms with Gasteiger partial charge in [-0.3, -0.25) is 33.8 Å². The van der Waals surface area contributed by atoms with Crippen LogP contribution in [0.15, 0.2) is 77.7 Å². The number of para-hydroxylation sites is 1. The third-order valence-electron chi connectivity index (χ3n) is 11.0. The molecule has 2 aromatic heterocycles. The summed E-state index contributed by atoms with van der Waals surface area (Å²) in [4.78, 5) is 47.9. The molecule has 2 aliphatic rings. The van der Waals surface area contributed by atoms with E-state index in [0.29, 0.717) is 46.1 Å². The number of hydrogen-bond acceptors (Lipinski definition) is 10. The number of nitrogens with one attached hydrogen (secondary N) is 1. The van der Waals surface area contributed by atoms with Crippen LogP contribution in [-0.2, 0) is 16.6 Å². The van der Waals surface area contributed by atoms with E-state index in [4.69, 9.17) is 18.9 Å². The lowest BCUT2D eigenvalue weighted by Gasteiger charge is -2.23. The predicted molar refractivity (Wildman–Crippen MR) is 210 cm³/mol. The number of benzene rings is 3. The van der Waals surface area contributed by atoms with Gasteiger partial charge in [-0.05, 0) is 83.6 Å². The number of rotatable bonds is 14. The Bertz CT molecular complexity index is 2320. The van der Waals surface area contributed by atoms with Gasteiger partial charge in [-0.1, -0.05) is 18.2 Å². The van der Waals surface area contributed by atoms with Crippen molar-refractivity contribution in [3.05, 3.63) is 100 Å². The lowest BCUT2D eigenvalue weighted by molar-refractivity contribution is -0.155. The summed E-state index contributed by atoms with van der Waals surface area (Å²) in [6.07, 6.45) is 4.39. The average molecular weight is 767 g/mol. The summed E-state index contributed by atoms with van der Waals surface area (Å²) < 4.78 is 42.3. The smallest absolute Gasteiger partial charge is 0.323 e. The average Bonchev–Trinajstić information content (AvgIpc) is 3.83. The minimum absolute atomic E-state index is 0.0425. The first kappa shape index (κ1) is 38.5. The number of aromatic nitrogens is 3. The maximum Gasteiger partial charge on any atom is 0.323 e. The summed E-state index contributed by atoms with van der Waals surface area (Å²) in [5.74, 6) is -0.291. The zero-order chi connectivity index (χ0) is 39.7. The number of halogens is 1. The van der Waals surface area contributed by atoms with Crippen molar-refractivity contribution in [1.29, 1.82) is 0 Å². The van der Waals surface area contributed by atoms with Crippen molar-refractivity contribution in [3.63, 3.8) is 0 Å². The molecule has 3 heterocycles. The van der Waals surface area contributed by atoms with Gasteiger partial charge in [0, 0.05) is 61.5 Å². The van der Waals surface area contributed by atoms with Crippen LogP contribution in [0.3, 0.4) is 0 Å². The highest BCUT2D eigenvalue weighted by Crippen LogP contribution is 2.54. The number of pyridine rings is 1. The van der Waals surface area contributed by atoms with Gasteiger partial charge in [0.05, 0.1) is 30.6 Å². The summed E-state index contributed by atoms with van der Waals surface area (Å²) in [5, 5.41) is 3.23. The summed E-state index contributed by atoms with van der Waals surface area (Å²) in [7, 11) is 6.99. The molecular formula is C42H47FN6O7. The zero-order valence-corrected chi connectivity index (χ0v) is 32.5. The van der Waals surface area contributed by atoms with Crippen LogP contribution in [-0.4, -0.2) is 95.6 Å². The van der Waals surface area contributed by atoms with Crippen molar-refractivity contribution in [2.45, 2.75) is 45.3 Å². The van der Waals surface area contributed by atoms with E-state index >= 15 is 4.39 Å². The van der Waals surface area contributed by atoms with Crippen LogP contribution in [0.25, 0.3) is 16.6 Å². The molecular weight excluding hydrogens is 719 g/mol. The number of anilines is 1. The summed E-state index contributed by atoms with van der Waals surface area (Å²) in [6, 6.07) is 17.9. The Hall–Kier alpha value is -5.73. The van der Waals surface area contributed by atoms with Gasteiger partial charge in [0.1, 0.15) is 23.5 Å². The molecule has 0 bridgehead atoms. The van der Waals surface area contributed by atoms with Gasteiger partial charge in [0.25, 0.3) is 11.5 Å². The lowest BCUT2D eigenvalue weighted by Crippen LogP contribution is -2.38. The quantitative estimate of drug-likeness (QED) is 0.107.